The highest BCUT2D eigenvalue weighted by Gasteiger charge is 2.07. The van der Waals surface area contributed by atoms with Crippen molar-refractivity contribution >= 4 is 16.8 Å². The van der Waals surface area contributed by atoms with Gasteiger partial charge >= 0.3 is 0 Å². The van der Waals surface area contributed by atoms with Crippen molar-refractivity contribution in [2.24, 2.45) is 0 Å². The number of hydrogen-bond acceptors (Lipinski definition) is 1. The highest BCUT2D eigenvalue weighted by atomic mass is 16.1. The molecule has 0 fully saturated rings. The number of rotatable bonds is 4. The van der Waals surface area contributed by atoms with Crippen LogP contribution in [0.3, 0.4) is 0 Å². The fourth-order valence-electron chi connectivity index (χ4n) is 1.62. The Morgan fingerprint density at radius 1 is 1.38 bits per heavy atom. The number of carbonyl (C=O) groups excluding carboxylic acids is 1. The van der Waals surface area contributed by atoms with E-state index in [1.807, 2.05) is 30.3 Å². The van der Waals surface area contributed by atoms with Crippen LogP contribution < -0.4 is 11.1 Å². The lowest BCUT2D eigenvalue weighted by Crippen LogP contribution is -2.51. The van der Waals surface area contributed by atoms with E-state index >= 15 is 0 Å². The standard InChI is InChI=1S/C12H15N3O/c13-6-3-7-14-12(16)11-8-9-4-1-2-5-10(9)15-11/h1-2,4-5,8,15H,3,6-7,13H2,(H,14,16)/p+1. The van der Waals surface area contributed by atoms with Crippen molar-refractivity contribution in [2.75, 3.05) is 13.1 Å². The molecule has 16 heavy (non-hydrogen) atoms. The first-order valence-electron chi connectivity index (χ1n) is 5.46. The number of nitrogens with one attached hydrogen (secondary N) is 2. The number of H-pyrrole nitrogens is 1. The minimum absolute atomic E-state index is 0.0513. The minimum atomic E-state index is -0.0513. The molecule has 4 nitrogen and oxygen atoms in total. The van der Waals surface area contributed by atoms with Crippen LogP contribution in [0, 0.1) is 0 Å². The zero-order valence-electron chi connectivity index (χ0n) is 9.12. The number of para-hydroxylation sites is 1. The summed E-state index contributed by atoms with van der Waals surface area (Å²) < 4.78 is 0. The van der Waals surface area contributed by atoms with Gasteiger partial charge < -0.3 is 16.0 Å². The van der Waals surface area contributed by atoms with Gasteiger partial charge in [-0.1, -0.05) is 18.2 Å². The third kappa shape index (κ3) is 2.23. The molecule has 0 saturated heterocycles. The van der Waals surface area contributed by atoms with Crippen LogP contribution in [0.15, 0.2) is 30.3 Å². The molecule has 1 aromatic heterocycles. The predicted octanol–water partition coefficient (Wildman–Crippen LogP) is 0.530. The van der Waals surface area contributed by atoms with Gasteiger partial charge in [0.1, 0.15) is 5.69 Å². The van der Waals surface area contributed by atoms with Crippen LogP contribution in [-0.4, -0.2) is 24.0 Å². The van der Waals surface area contributed by atoms with E-state index in [-0.39, 0.29) is 5.91 Å². The maximum Gasteiger partial charge on any atom is 0.267 e. The van der Waals surface area contributed by atoms with Crippen molar-refractivity contribution < 1.29 is 10.5 Å². The molecule has 0 atom stereocenters. The molecule has 0 unspecified atom stereocenters. The van der Waals surface area contributed by atoms with Gasteiger partial charge in [-0.2, -0.15) is 0 Å². The Bertz CT molecular complexity index is 457. The molecule has 0 radical (unpaired) electrons. The summed E-state index contributed by atoms with van der Waals surface area (Å²) in [7, 11) is 0. The highest BCUT2D eigenvalue weighted by molar-refractivity contribution is 5.97. The second-order valence-corrected chi connectivity index (χ2v) is 3.73. The first-order valence-corrected chi connectivity index (χ1v) is 5.46. The molecule has 1 amide bonds. The molecular formula is C12H16N3O+. The number of hydrogen-bond donors (Lipinski definition) is 3. The number of fused-ring (bicyclic) bond motifs is 1. The molecule has 0 saturated carbocycles. The van der Waals surface area contributed by atoms with Crippen LogP contribution in [0.5, 0.6) is 0 Å². The lowest BCUT2D eigenvalue weighted by atomic mass is 10.2. The van der Waals surface area contributed by atoms with Gasteiger partial charge in [-0.3, -0.25) is 4.79 Å². The Morgan fingerprint density at radius 3 is 2.94 bits per heavy atom. The molecular weight excluding hydrogens is 202 g/mol. The van der Waals surface area contributed by atoms with Crippen LogP contribution in [0.25, 0.3) is 10.9 Å². The van der Waals surface area contributed by atoms with Gasteiger partial charge in [0, 0.05) is 23.9 Å². The van der Waals surface area contributed by atoms with Crippen molar-refractivity contribution in [1.82, 2.24) is 10.3 Å². The van der Waals surface area contributed by atoms with Crippen LogP contribution >= 0.6 is 0 Å². The smallest absolute Gasteiger partial charge is 0.267 e. The Morgan fingerprint density at radius 2 is 2.19 bits per heavy atom. The van der Waals surface area contributed by atoms with Crippen molar-refractivity contribution in [3.63, 3.8) is 0 Å². The summed E-state index contributed by atoms with van der Waals surface area (Å²) >= 11 is 0. The molecule has 0 aliphatic heterocycles. The zero-order chi connectivity index (χ0) is 11.4. The molecule has 0 aliphatic rings. The molecule has 1 aromatic carbocycles. The summed E-state index contributed by atoms with van der Waals surface area (Å²) in [5.41, 5.74) is 5.34. The van der Waals surface area contributed by atoms with E-state index in [0.717, 1.165) is 23.9 Å². The lowest BCUT2D eigenvalue weighted by molar-refractivity contribution is -0.367. The molecule has 0 spiro atoms. The number of aromatic amines is 1. The third-order valence-corrected chi connectivity index (χ3v) is 2.49. The average molecular weight is 218 g/mol. The number of benzene rings is 1. The van der Waals surface area contributed by atoms with Crippen LogP contribution in [0.2, 0.25) is 0 Å². The van der Waals surface area contributed by atoms with Crippen LogP contribution in [-0.2, 0) is 0 Å². The Hall–Kier alpha value is -1.81. The van der Waals surface area contributed by atoms with Gasteiger partial charge in [-0.05, 0) is 12.1 Å². The van der Waals surface area contributed by atoms with Gasteiger partial charge in [0.05, 0.1) is 6.54 Å². The summed E-state index contributed by atoms with van der Waals surface area (Å²) in [5.74, 6) is -0.0513. The van der Waals surface area contributed by atoms with Gasteiger partial charge in [0.25, 0.3) is 5.91 Å². The summed E-state index contributed by atoms with van der Waals surface area (Å²) in [6.45, 7) is 1.52. The number of amides is 1. The van der Waals surface area contributed by atoms with Crippen LogP contribution in [0.4, 0.5) is 0 Å². The summed E-state index contributed by atoms with van der Waals surface area (Å²) in [6.07, 6.45) is 0.909. The maximum atomic E-state index is 11.7. The Kier molecular flexibility index (Phi) is 3.22. The van der Waals surface area contributed by atoms with E-state index in [9.17, 15) is 4.79 Å². The number of carbonyl (C=O) groups is 1. The largest absolute Gasteiger partial charge is 0.358 e. The normalized spacial score (nSPS) is 10.6. The second kappa shape index (κ2) is 4.81. The highest BCUT2D eigenvalue weighted by Crippen LogP contribution is 2.14. The molecule has 4 heteroatoms. The molecule has 2 aromatic rings. The van der Waals surface area contributed by atoms with Crippen molar-refractivity contribution in [3.05, 3.63) is 36.0 Å². The quantitative estimate of drug-likeness (QED) is 0.643. The maximum absolute atomic E-state index is 11.7. The van der Waals surface area contributed by atoms with Gasteiger partial charge in [-0.25, -0.2) is 0 Å². The van der Waals surface area contributed by atoms with Gasteiger partial charge in [0.2, 0.25) is 0 Å². The van der Waals surface area contributed by atoms with Crippen LogP contribution in [0.1, 0.15) is 16.9 Å². The Balaban J connectivity index is 2.11. The molecule has 1 heterocycles. The van der Waals surface area contributed by atoms with E-state index in [4.69, 9.17) is 0 Å². The van der Waals surface area contributed by atoms with E-state index in [1.54, 1.807) is 0 Å². The summed E-state index contributed by atoms with van der Waals surface area (Å²) in [5, 5.41) is 3.91. The molecule has 5 N–H and O–H groups in total. The van der Waals surface area contributed by atoms with Crippen molar-refractivity contribution in [2.45, 2.75) is 6.42 Å². The average Bonchev–Trinajstić information content (AvgIpc) is 2.73. The lowest BCUT2D eigenvalue weighted by Gasteiger charge is -2.00. The van der Waals surface area contributed by atoms with E-state index in [2.05, 4.69) is 16.0 Å². The summed E-state index contributed by atoms with van der Waals surface area (Å²) in [6, 6.07) is 9.72. The number of quaternary nitrogens is 1. The topological polar surface area (TPSA) is 72.5 Å². The molecule has 2 rings (SSSR count). The fraction of sp³-hybridized carbons (Fsp3) is 0.250. The van der Waals surface area contributed by atoms with E-state index in [0.29, 0.717) is 12.2 Å². The third-order valence-electron chi connectivity index (χ3n) is 2.49. The molecule has 84 valence electrons. The van der Waals surface area contributed by atoms with Gasteiger partial charge in [-0.15, -0.1) is 0 Å². The van der Waals surface area contributed by atoms with Crippen molar-refractivity contribution in [1.29, 1.82) is 0 Å². The SMILES string of the molecule is [NH3+]CCCNC(=O)c1cc2ccccc2[nH]1. The van der Waals surface area contributed by atoms with E-state index < -0.39 is 0 Å². The summed E-state index contributed by atoms with van der Waals surface area (Å²) in [4.78, 5) is 14.8. The fourth-order valence-corrected chi connectivity index (χ4v) is 1.62. The van der Waals surface area contributed by atoms with Crippen molar-refractivity contribution in [3.8, 4) is 0 Å². The first kappa shape index (κ1) is 10.7. The Labute approximate surface area is 93.8 Å². The minimum Gasteiger partial charge on any atom is -0.358 e. The second-order valence-electron chi connectivity index (χ2n) is 3.73. The number of aromatic nitrogens is 1. The monoisotopic (exact) mass is 218 g/mol. The zero-order valence-corrected chi connectivity index (χ0v) is 9.12. The first-order chi connectivity index (χ1) is 7.81. The molecule has 0 aliphatic carbocycles. The van der Waals surface area contributed by atoms with Gasteiger partial charge in [0.15, 0.2) is 0 Å². The predicted molar refractivity (Wildman–Crippen MR) is 63.0 cm³/mol. The van der Waals surface area contributed by atoms with E-state index in [1.165, 1.54) is 0 Å². The molecule has 0 bridgehead atoms.